The lowest BCUT2D eigenvalue weighted by Crippen LogP contribution is -2.40. The number of piperidine rings is 1. The van der Waals surface area contributed by atoms with Crippen molar-refractivity contribution in [1.82, 2.24) is 14.6 Å². The lowest BCUT2D eigenvalue weighted by Gasteiger charge is -2.39. The SMILES string of the molecule is Cc1nc2cc(N3C(=O)OCC3Cc3ccccc3)nn2c(N2CCC(C)(C)CC2)c1C(OC(C)(C)C)C(=O)O. The Morgan fingerprint density at radius 3 is 2.50 bits per heavy atom. The third-order valence-corrected chi connectivity index (χ3v) is 7.69. The number of aromatic nitrogens is 3. The molecule has 2 saturated heterocycles. The number of fused-ring (bicyclic) bond motifs is 1. The number of carbonyl (C=O) groups excluding carboxylic acids is 1. The molecule has 2 aliphatic heterocycles. The second-order valence-corrected chi connectivity index (χ2v) is 12.6. The van der Waals surface area contributed by atoms with Crippen molar-refractivity contribution in [2.24, 2.45) is 5.41 Å². The zero-order chi connectivity index (χ0) is 28.8. The van der Waals surface area contributed by atoms with Gasteiger partial charge in [0.25, 0.3) is 0 Å². The summed E-state index contributed by atoms with van der Waals surface area (Å²) < 4.78 is 13.2. The van der Waals surface area contributed by atoms with Crippen molar-refractivity contribution >= 4 is 29.3 Å². The number of hydrogen-bond acceptors (Lipinski definition) is 7. The minimum atomic E-state index is -1.24. The molecule has 0 spiro atoms. The van der Waals surface area contributed by atoms with Crippen molar-refractivity contribution in [3.63, 3.8) is 0 Å². The number of rotatable bonds is 7. The van der Waals surface area contributed by atoms with Crippen LogP contribution in [0.1, 0.15) is 70.4 Å². The predicted octanol–water partition coefficient (Wildman–Crippen LogP) is 5.17. The maximum atomic E-state index is 12.9. The molecular formula is C30H39N5O5. The van der Waals surface area contributed by atoms with E-state index in [1.165, 1.54) is 0 Å². The van der Waals surface area contributed by atoms with Crippen molar-refractivity contribution in [3.05, 3.63) is 53.2 Å². The van der Waals surface area contributed by atoms with E-state index in [-0.39, 0.29) is 18.1 Å². The minimum Gasteiger partial charge on any atom is -0.479 e. The van der Waals surface area contributed by atoms with Crippen LogP contribution in [0.15, 0.2) is 36.4 Å². The van der Waals surface area contributed by atoms with E-state index in [2.05, 4.69) is 18.7 Å². The van der Waals surface area contributed by atoms with Crippen molar-refractivity contribution in [1.29, 1.82) is 0 Å². The molecule has 1 N–H and O–H groups in total. The van der Waals surface area contributed by atoms with E-state index in [1.54, 1.807) is 15.5 Å². The molecule has 5 rings (SSSR count). The molecule has 40 heavy (non-hydrogen) atoms. The minimum absolute atomic E-state index is 0.186. The van der Waals surface area contributed by atoms with Crippen LogP contribution in [0.25, 0.3) is 5.65 Å². The standard InChI is InChI=1S/C30H39N5O5/c1-19-24(25(27(36)37)40-29(2,3)4)26(33-14-12-30(5,6)13-15-33)35-22(31-19)17-23(32-35)34-21(18-39-28(34)38)16-20-10-8-7-9-11-20/h7-11,17,21,25H,12-16,18H2,1-6H3,(H,36,37). The third kappa shape index (κ3) is 5.63. The monoisotopic (exact) mass is 549 g/mol. The Labute approximate surface area is 234 Å². The summed E-state index contributed by atoms with van der Waals surface area (Å²) in [4.78, 5) is 34.1. The summed E-state index contributed by atoms with van der Waals surface area (Å²) in [5.41, 5.74) is 2.15. The first-order valence-electron chi connectivity index (χ1n) is 13.9. The van der Waals surface area contributed by atoms with Gasteiger partial charge in [-0.15, -0.1) is 5.10 Å². The third-order valence-electron chi connectivity index (χ3n) is 7.69. The van der Waals surface area contributed by atoms with E-state index in [1.807, 2.05) is 58.0 Å². The zero-order valence-electron chi connectivity index (χ0n) is 24.2. The highest BCUT2D eigenvalue weighted by Gasteiger charge is 2.39. The van der Waals surface area contributed by atoms with Gasteiger partial charge in [0.05, 0.1) is 17.2 Å². The number of benzene rings is 1. The van der Waals surface area contributed by atoms with E-state index in [0.29, 0.717) is 35.0 Å². The molecule has 3 aromatic rings. The molecule has 10 heteroatoms. The fourth-order valence-corrected chi connectivity index (χ4v) is 5.52. The molecule has 2 aliphatic rings. The largest absolute Gasteiger partial charge is 0.479 e. The van der Waals surface area contributed by atoms with E-state index in [4.69, 9.17) is 19.6 Å². The number of nitrogens with zero attached hydrogens (tertiary/aromatic N) is 5. The quantitative estimate of drug-likeness (QED) is 0.430. The summed E-state index contributed by atoms with van der Waals surface area (Å²) in [5, 5.41) is 15.2. The number of carbonyl (C=O) groups is 2. The first kappa shape index (κ1) is 27.9. The highest BCUT2D eigenvalue weighted by atomic mass is 16.6. The number of carboxylic acids is 1. The highest BCUT2D eigenvalue weighted by Crippen LogP contribution is 2.39. The van der Waals surface area contributed by atoms with Crippen LogP contribution < -0.4 is 9.80 Å². The lowest BCUT2D eigenvalue weighted by atomic mass is 9.82. The van der Waals surface area contributed by atoms with Crippen LogP contribution in [-0.4, -0.2) is 63.1 Å². The molecule has 1 amide bonds. The molecule has 0 aliphatic carbocycles. The maximum absolute atomic E-state index is 12.9. The van der Waals surface area contributed by atoms with E-state index in [0.717, 1.165) is 31.5 Å². The van der Waals surface area contributed by atoms with Gasteiger partial charge in [-0.05, 0) is 57.9 Å². The molecular weight excluding hydrogens is 510 g/mol. The van der Waals surface area contributed by atoms with Crippen molar-refractivity contribution in [2.75, 3.05) is 29.5 Å². The van der Waals surface area contributed by atoms with E-state index >= 15 is 0 Å². The molecule has 2 atom stereocenters. The van der Waals surface area contributed by atoms with Gasteiger partial charge >= 0.3 is 12.1 Å². The Hall–Kier alpha value is -3.66. The van der Waals surface area contributed by atoms with Crippen LogP contribution in [0.5, 0.6) is 0 Å². The van der Waals surface area contributed by atoms with Crippen LogP contribution in [0.2, 0.25) is 0 Å². The lowest BCUT2D eigenvalue weighted by molar-refractivity contribution is -0.160. The predicted molar refractivity (Wildman–Crippen MR) is 152 cm³/mol. The second-order valence-electron chi connectivity index (χ2n) is 12.6. The Kier molecular flexibility index (Phi) is 7.24. The number of carboxylic acid groups (broad SMARTS) is 1. The molecule has 2 aromatic heterocycles. The number of ether oxygens (including phenoxy) is 2. The van der Waals surface area contributed by atoms with Crippen LogP contribution in [-0.2, 0) is 20.7 Å². The summed E-state index contributed by atoms with van der Waals surface area (Å²) in [6.07, 6.45) is 0.809. The number of cyclic esters (lactones) is 1. The first-order chi connectivity index (χ1) is 18.8. The topological polar surface area (TPSA) is 110 Å². The van der Waals surface area contributed by atoms with Gasteiger partial charge in [-0.25, -0.2) is 14.6 Å². The summed E-state index contributed by atoms with van der Waals surface area (Å²) in [6, 6.07) is 11.5. The summed E-state index contributed by atoms with van der Waals surface area (Å²) >= 11 is 0. The van der Waals surface area contributed by atoms with Crippen LogP contribution in [0.4, 0.5) is 16.4 Å². The Bertz CT molecular complexity index is 1400. The molecule has 0 saturated carbocycles. The summed E-state index contributed by atoms with van der Waals surface area (Å²) in [7, 11) is 0. The zero-order valence-corrected chi connectivity index (χ0v) is 24.2. The van der Waals surface area contributed by atoms with Gasteiger partial charge in [-0.2, -0.15) is 4.52 Å². The van der Waals surface area contributed by atoms with Crippen LogP contribution in [0, 0.1) is 12.3 Å². The molecule has 10 nitrogen and oxygen atoms in total. The van der Waals surface area contributed by atoms with Gasteiger partial charge in [-0.1, -0.05) is 44.2 Å². The Balaban J connectivity index is 1.63. The molecule has 4 heterocycles. The van der Waals surface area contributed by atoms with Gasteiger partial charge in [0.15, 0.2) is 17.6 Å². The fourth-order valence-electron chi connectivity index (χ4n) is 5.52. The van der Waals surface area contributed by atoms with Gasteiger partial charge in [0.1, 0.15) is 12.4 Å². The van der Waals surface area contributed by atoms with Crippen LogP contribution >= 0.6 is 0 Å². The second kappa shape index (κ2) is 10.4. The Morgan fingerprint density at radius 2 is 1.88 bits per heavy atom. The summed E-state index contributed by atoms with van der Waals surface area (Å²) in [5.74, 6) is -0.0149. The molecule has 0 bridgehead atoms. The van der Waals surface area contributed by atoms with Gasteiger partial charge < -0.3 is 19.5 Å². The average molecular weight is 550 g/mol. The van der Waals surface area contributed by atoms with Crippen molar-refractivity contribution in [3.8, 4) is 0 Å². The van der Waals surface area contributed by atoms with Gasteiger partial charge in [0, 0.05) is 24.8 Å². The smallest absolute Gasteiger partial charge is 0.416 e. The number of hydrogen-bond donors (Lipinski definition) is 1. The summed E-state index contributed by atoms with van der Waals surface area (Å²) in [6.45, 7) is 13.5. The first-order valence-corrected chi connectivity index (χ1v) is 13.9. The Morgan fingerprint density at radius 1 is 1.20 bits per heavy atom. The number of aryl methyl sites for hydroxylation is 1. The highest BCUT2D eigenvalue weighted by molar-refractivity contribution is 5.90. The average Bonchev–Trinajstić information content (AvgIpc) is 3.44. The maximum Gasteiger partial charge on any atom is 0.416 e. The van der Waals surface area contributed by atoms with Crippen molar-refractivity contribution in [2.45, 2.75) is 78.6 Å². The van der Waals surface area contributed by atoms with E-state index in [9.17, 15) is 14.7 Å². The van der Waals surface area contributed by atoms with Gasteiger partial charge in [-0.3, -0.25) is 4.90 Å². The van der Waals surface area contributed by atoms with Gasteiger partial charge in [0.2, 0.25) is 0 Å². The molecule has 1 aromatic carbocycles. The number of aliphatic carboxylic acids is 1. The normalized spacial score (nSPS) is 20.1. The van der Waals surface area contributed by atoms with Crippen LogP contribution in [0.3, 0.4) is 0 Å². The number of anilines is 2. The fraction of sp³-hybridized carbons (Fsp3) is 0.533. The molecule has 2 unspecified atom stereocenters. The molecule has 2 fully saturated rings. The van der Waals surface area contributed by atoms with E-state index < -0.39 is 23.8 Å². The molecule has 0 radical (unpaired) electrons. The number of amides is 1. The molecule has 214 valence electrons. The van der Waals surface area contributed by atoms with Crippen molar-refractivity contribution < 1.29 is 24.2 Å².